The molecule has 70 valence electrons. The maximum Gasteiger partial charge on any atom is 0.0352 e. The molecule has 1 aromatic carbocycles. The van der Waals surface area contributed by atoms with Crippen LogP contribution in [0.2, 0.25) is 0 Å². The number of thiol groups is 1. The summed E-state index contributed by atoms with van der Waals surface area (Å²) in [5.74, 6) is 0. The predicted molar refractivity (Wildman–Crippen MR) is 61.2 cm³/mol. The molecule has 1 aromatic rings. The van der Waals surface area contributed by atoms with E-state index in [2.05, 4.69) is 37.5 Å². The molecule has 0 bridgehead atoms. The van der Waals surface area contributed by atoms with Gasteiger partial charge in [-0.3, -0.25) is 0 Å². The van der Waals surface area contributed by atoms with Crippen LogP contribution in [0.5, 0.6) is 0 Å². The van der Waals surface area contributed by atoms with Crippen LogP contribution in [0.3, 0.4) is 0 Å². The number of hydrogen-bond donors (Lipinski definition) is 2. The highest BCUT2D eigenvalue weighted by atomic mass is 32.1. The molecule has 0 unspecified atom stereocenters. The van der Waals surface area contributed by atoms with Crippen molar-refractivity contribution in [3.63, 3.8) is 0 Å². The predicted octanol–water partition coefficient (Wildman–Crippen LogP) is 2.73. The lowest BCUT2D eigenvalue weighted by Gasteiger charge is -2.12. The summed E-state index contributed by atoms with van der Waals surface area (Å²) in [4.78, 5) is 0.985. The van der Waals surface area contributed by atoms with Gasteiger partial charge in [0.15, 0.2) is 0 Å². The molecule has 0 aromatic heterocycles. The molecule has 13 heavy (non-hydrogen) atoms. The summed E-state index contributed by atoms with van der Waals surface area (Å²) in [6, 6.07) is 6.12. The Balaban J connectivity index is 3.22. The third-order valence-corrected chi connectivity index (χ3v) is 2.49. The van der Waals surface area contributed by atoms with E-state index in [1.54, 1.807) is 0 Å². The summed E-state index contributed by atoms with van der Waals surface area (Å²) in [6.07, 6.45) is 1.00. The standard InChI is InChI=1S/C11H15NS/c1-4-9-6-5-7-10(13)11(9)8(2)12-3/h5-7,12-13H,2,4H2,1,3H3. The van der Waals surface area contributed by atoms with E-state index in [1.807, 2.05) is 19.2 Å². The molecule has 0 atom stereocenters. The third-order valence-electron chi connectivity index (χ3n) is 2.11. The Morgan fingerprint density at radius 1 is 1.54 bits per heavy atom. The zero-order valence-electron chi connectivity index (χ0n) is 8.09. The Morgan fingerprint density at radius 2 is 2.23 bits per heavy atom. The summed E-state index contributed by atoms with van der Waals surface area (Å²) in [6.45, 7) is 6.09. The summed E-state index contributed by atoms with van der Waals surface area (Å²) < 4.78 is 0. The van der Waals surface area contributed by atoms with Gasteiger partial charge in [0.2, 0.25) is 0 Å². The Morgan fingerprint density at radius 3 is 2.77 bits per heavy atom. The molecule has 0 aliphatic heterocycles. The molecular formula is C11H15NS. The fourth-order valence-electron chi connectivity index (χ4n) is 1.35. The SMILES string of the molecule is C=C(NC)c1c(S)cccc1CC. The number of aryl methyl sites for hydroxylation is 1. The van der Waals surface area contributed by atoms with Gasteiger partial charge in [0.05, 0.1) is 0 Å². The smallest absolute Gasteiger partial charge is 0.0352 e. The highest BCUT2D eigenvalue weighted by Gasteiger charge is 2.06. The lowest BCUT2D eigenvalue weighted by Crippen LogP contribution is -2.06. The van der Waals surface area contributed by atoms with Gasteiger partial charge in [0.1, 0.15) is 0 Å². The second-order valence-corrected chi connectivity index (χ2v) is 3.38. The van der Waals surface area contributed by atoms with E-state index >= 15 is 0 Å². The zero-order chi connectivity index (χ0) is 9.84. The summed E-state index contributed by atoms with van der Waals surface area (Å²) in [5.41, 5.74) is 3.35. The molecule has 0 saturated carbocycles. The minimum absolute atomic E-state index is 0.933. The molecule has 2 heteroatoms. The van der Waals surface area contributed by atoms with Crippen molar-refractivity contribution in [3.8, 4) is 0 Å². The van der Waals surface area contributed by atoms with Crippen molar-refractivity contribution in [2.45, 2.75) is 18.2 Å². The highest BCUT2D eigenvalue weighted by molar-refractivity contribution is 7.80. The van der Waals surface area contributed by atoms with Crippen molar-refractivity contribution in [1.82, 2.24) is 5.32 Å². The maximum absolute atomic E-state index is 4.41. The topological polar surface area (TPSA) is 12.0 Å². The number of benzene rings is 1. The van der Waals surface area contributed by atoms with Gasteiger partial charge < -0.3 is 5.32 Å². The molecule has 0 spiro atoms. The van der Waals surface area contributed by atoms with Crippen LogP contribution >= 0.6 is 12.6 Å². The molecule has 1 N–H and O–H groups in total. The van der Waals surface area contributed by atoms with E-state index in [4.69, 9.17) is 0 Å². The Labute approximate surface area is 85.3 Å². The quantitative estimate of drug-likeness (QED) is 0.703. The number of hydrogen-bond acceptors (Lipinski definition) is 2. The average Bonchev–Trinajstić information content (AvgIpc) is 2.16. The van der Waals surface area contributed by atoms with Crippen LogP contribution in [-0.2, 0) is 6.42 Å². The van der Waals surface area contributed by atoms with Crippen molar-refractivity contribution in [3.05, 3.63) is 35.9 Å². The number of rotatable bonds is 3. The minimum atomic E-state index is 0.933. The molecule has 1 nitrogen and oxygen atoms in total. The minimum Gasteiger partial charge on any atom is -0.388 e. The highest BCUT2D eigenvalue weighted by Crippen LogP contribution is 2.23. The second-order valence-electron chi connectivity index (χ2n) is 2.89. The lowest BCUT2D eigenvalue weighted by molar-refractivity contribution is 1.06. The Bertz CT molecular complexity index is 318. The van der Waals surface area contributed by atoms with Gasteiger partial charge in [-0.15, -0.1) is 12.6 Å². The van der Waals surface area contributed by atoms with Crippen molar-refractivity contribution in [1.29, 1.82) is 0 Å². The van der Waals surface area contributed by atoms with Crippen molar-refractivity contribution in [2.75, 3.05) is 7.05 Å². The van der Waals surface area contributed by atoms with E-state index in [9.17, 15) is 0 Å². The fraction of sp³-hybridized carbons (Fsp3) is 0.273. The average molecular weight is 193 g/mol. The molecule has 0 aliphatic rings. The summed E-state index contributed by atoms with van der Waals surface area (Å²) >= 11 is 4.41. The van der Waals surface area contributed by atoms with Crippen molar-refractivity contribution >= 4 is 18.3 Å². The third kappa shape index (κ3) is 2.07. The molecule has 1 rings (SSSR count). The van der Waals surface area contributed by atoms with Gasteiger partial charge in [0.25, 0.3) is 0 Å². The van der Waals surface area contributed by atoms with Crippen molar-refractivity contribution in [2.24, 2.45) is 0 Å². The van der Waals surface area contributed by atoms with Gasteiger partial charge in [-0.05, 0) is 18.1 Å². The normalized spacial score (nSPS) is 9.77. The van der Waals surface area contributed by atoms with Crippen LogP contribution in [0.25, 0.3) is 5.70 Å². The molecule has 0 aliphatic carbocycles. The Hall–Kier alpha value is -0.890. The molecule has 0 saturated heterocycles. The molecular weight excluding hydrogens is 178 g/mol. The molecule has 0 heterocycles. The van der Waals surface area contributed by atoms with Gasteiger partial charge in [0, 0.05) is 23.2 Å². The first kappa shape index (κ1) is 10.2. The van der Waals surface area contributed by atoms with Crippen LogP contribution in [-0.4, -0.2) is 7.05 Å². The van der Waals surface area contributed by atoms with Gasteiger partial charge in [-0.1, -0.05) is 25.6 Å². The lowest BCUT2D eigenvalue weighted by atomic mass is 10.0. The van der Waals surface area contributed by atoms with Gasteiger partial charge >= 0.3 is 0 Å². The molecule has 0 fully saturated rings. The number of nitrogens with one attached hydrogen (secondary N) is 1. The fourth-order valence-corrected chi connectivity index (χ4v) is 1.72. The maximum atomic E-state index is 4.41. The van der Waals surface area contributed by atoms with Crippen LogP contribution in [0, 0.1) is 0 Å². The van der Waals surface area contributed by atoms with Crippen molar-refractivity contribution < 1.29 is 0 Å². The van der Waals surface area contributed by atoms with E-state index < -0.39 is 0 Å². The summed E-state index contributed by atoms with van der Waals surface area (Å²) in [5, 5.41) is 3.05. The van der Waals surface area contributed by atoms with Crippen LogP contribution in [0.15, 0.2) is 29.7 Å². The van der Waals surface area contributed by atoms with E-state index in [1.165, 1.54) is 5.56 Å². The largest absolute Gasteiger partial charge is 0.388 e. The van der Waals surface area contributed by atoms with Gasteiger partial charge in [-0.2, -0.15) is 0 Å². The van der Waals surface area contributed by atoms with Gasteiger partial charge in [-0.25, -0.2) is 0 Å². The first-order valence-corrected chi connectivity index (χ1v) is 4.83. The monoisotopic (exact) mass is 193 g/mol. The molecule has 0 amide bonds. The van der Waals surface area contributed by atoms with E-state index in [-0.39, 0.29) is 0 Å². The Kier molecular flexibility index (Phi) is 3.43. The van der Waals surface area contributed by atoms with Crippen LogP contribution < -0.4 is 5.32 Å². The first-order valence-electron chi connectivity index (χ1n) is 4.38. The van der Waals surface area contributed by atoms with E-state index in [0.717, 1.165) is 22.6 Å². The van der Waals surface area contributed by atoms with Crippen LogP contribution in [0.1, 0.15) is 18.1 Å². The van der Waals surface area contributed by atoms with E-state index in [0.29, 0.717) is 0 Å². The van der Waals surface area contributed by atoms with Crippen LogP contribution in [0.4, 0.5) is 0 Å². The zero-order valence-corrected chi connectivity index (χ0v) is 8.99. The first-order chi connectivity index (χ1) is 6.20. The summed E-state index contributed by atoms with van der Waals surface area (Å²) in [7, 11) is 1.88. The molecule has 0 radical (unpaired) electrons. The second kappa shape index (κ2) is 4.38.